The minimum absolute atomic E-state index is 0.0748. The van der Waals surface area contributed by atoms with Crippen molar-refractivity contribution in [1.82, 2.24) is 0 Å². The second kappa shape index (κ2) is 11.8. The molecule has 3 aromatic carbocycles. The van der Waals surface area contributed by atoms with E-state index in [2.05, 4.69) is 0 Å². The molecule has 1 aromatic heterocycles. The molecule has 1 atom stereocenters. The number of carbonyl (C=O) groups excluding carboxylic acids is 1. The lowest BCUT2D eigenvalue weighted by Crippen LogP contribution is -2.14. The number of benzene rings is 3. The molecule has 0 saturated heterocycles. The molecule has 1 heterocycles. The Bertz CT molecular complexity index is 1510. The van der Waals surface area contributed by atoms with Crippen LogP contribution < -0.4 is 29.1 Å². The standard InChI is InChI=1S/C30H30O9/c1-33-19-9-7-17(8-10-19)22-16-39-29-20(28(22)32)11-12-23(34-2)27(29)21(15-26(31)37-5)18-13-24(35-3)30(38-6)25(14-18)36-4/h7-14,16,21H,15H2,1-6H3. The number of carbonyl (C=O) groups is 1. The number of hydrogen-bond donors (Lipinski definition) is 0. The smallest absolute Gasteiger partial charge is 0.306 e. The highest BCUT2D eigenvalue weighted by atomic mass is 16.5. The van der Waals surface area contributed by atoms with Crippen LogP contribution in [-0.4, -0.2) is 48.6 Å². The first kappa shape index (κ1) is 27.4. The third-order valence-electron chi connectivity index (χ3n) is 6.60. The van der Waals surface area contributed by atoms with E-state index in [0.29, 0.717) is 62.0 Å². The molecule has 39 heavy (non-hydrogen) atoms. The summed E-state index contributed by atoms with van der Waals surface area (Å²) < 4.78 is 38.6. The van der Waals surface area contributed by atoms with E-state index in [4.69, 9.17) is 32.8 Å². The number of ether oxygens (including phenoxy) is 6. The summed E-state index contributed by atoms with van der Waals surface area (Å²) in [4.78, 5) is 26.3. The fourth-order valence-electron chi connectivity index (χ4n) is 4.62. The van der Waals surface area contributed by atoms with Crippen molar-refractivity contribution in [3.63, 3.8) is 0 Å². The molecular weight excluding hydrogens is 504 g/mol. The summed E-state index contributed by atoms with van der Waals surface area (Å²) in [5.74, 6) is 1.21. The monoisotopic (exact) mass is 534 g/mol. The van der Waals surface area contributed by atoms with Crippen LogP contribution in [0.3, 0.4) is 0 Å². The Balaban J connectivity index is 1.99. The molecule has 0 bridgehead atoms. The number of rotatable bonds is 10. The maximum atomic E-state index is 13.7. The van der Waals surface area contributed by atoms with Crippen LogP contribution >= 0.6 is 0 Å². The van der Waals surface area contributed by atoms with Crippen LogP contribution in [0, 0.1) is 0 Å². The van der Waals surface area contributed by atoms with Gasteiger partial charge in [0.15, 0.2) is 11.5 Å². The molecule has 0 aliphatic carbocycles. The predicted octanol–water partition coefficient (Wildman–Crippen LogP) is 5.20. The third kappa shape index (κ3) is 5.20. The summed E-state index contributed by atoms with van der Waals surface area (Å²) in [6.07, 6.45) is 1.34. The molecular formula is C30H30O9. The van der Waals surface area contributed by atoms with Crippen LogP contribution in [0.5, 0.6) is 28.7 Å². The fraction of sp³-hybridized carbons (Fsp3) is 0.267. The van der Waals surface area contributed by atoms with Gasteiger partial charge in [-0.05, 0) is 47.5 Å². The van der Waals surface area contributed by atoms with Crippen molar-refractivity contribution in [2.24, 2.45) is 0 Å². The molecule has 0 radical (unpaired) electrons. The average molecular weight is 535 g/mol. The van der Waals surface area contributed by atoms with Gasteiger partial charge in [-0.1, -0.05) is 12.1 Å². The quantitative estimate of drug-likeness (QED) is 0.254. The summed E-state index contributed by atoms with van der Waals surface area (Å²) in [5, 5.41) is 0.335. The zero-order chi connectivity index (χ0) is 28.1. The molecule has 4 rings (SSSR count). The van der Waals surface area contributed by atoms with Gasteiger partial charge >= 0.3 is 5.97 Å². The van der Waals surface area contributed by atoms with E-state index in [1.807, 2.05) is 0 Å². The number of esters is 1. The highest BCUT2D eigenvalue weighted by Crippen LogP contribution is 2.45. The van der Waals surface area contributed by atoms with Gasteiger partial charge in [0.2, 0.25) is 11.2 Å². The van der Waals surface area contributed by atoms with Crippen molar-refractivity contribution in [2.45, 2.75) is 12.3 Å². The van der Waals surface area contributed by atoms with Gasteiger partial charge in [-0.2, -0.15) is 0 Å². The minimum Gasteiger partial charge on any atom is -0.497 e. The summed E-state index contributed by atoms with van der Waals surface area (Å²) in [5.41, 5.74) is 2.28. The van der Waals surface area contributed by atoms with Gasteiger partial charge in [0.1, 0.15) is 23.3 Å². The Morgan fingerprint density at radius 2 is 1.44 bits per heavy atom. The largest absolute Gasteiger partial charge is 0.497 e. The van der Waals surface area contributed by atoms with Gasteiger partial charge in [0, 0.05) is 11.5 Å². The third-order valence-corrected chi connectivity index (χ3v) is 6.60. The summed E-state index contributed by atoms with van der Waals surface area (Å²) in [6, 6.07) is 14.0. The molecule has 0 amide bonds. The van der Waals surface area contributed by atoms with Gasteiger partial charge in [-0.25, -0.2) is 0 Å². The van der Waals surface area contributed by atoms with Crippen molar-refractivity contribution in [1.29, 1.82) is 0 Å². The molecule has 0 N–H and O–H groups in total. The lowest BCUT2D eigenvalue weighted by atomic mass is 9.86. The Morgan fingerprint density at radius 3 is 1.97 bits per heavy atom. The maximum absolute atomic E-state index is 13.7. The predicted molar refractivity (Wildman–Crippen MR) is 146 cm³/mol. The molecule has 9 heteroatoms. The zero-order valence-corrected chi connectivity index (χ0v) is 22.7. The first-order chi connectivity index (χ1) is 18.9. The molecule has 9 nitrogen and oxygen atoms in total. The highest BCUT2D eigenvalue weighted by Gasteiger charge is 2.29. The van der Waals surface area contributed by atoms with E-state index in [9.17, 15) is 9.59 Å². The van der Waals surface area contributed by atoms with E-state index >= 15 is 0 Å². The first-order valence-corrected chi connectivity index (χ1v) is 12.0. The normalized spacial score (nSPS) is 11.5. The first-order valence-electron chi connectivity index (χ1n) is 12.0. The highest BCUT2D eigenvalue weighted by molar-refractivity contribution is 5.87. The topological polar surface area (TPSA) is 103 Å². The molecule has 204 valence electrons. The number of methoxy groups -OCH3 is 6. The van der Waals surface area contributed by atoms with Crippen LogP contribution in [-0.2, 0) is 9.53 Å². The van der Waals surface area contributed by atoms with Crippen molar-refractivity contribution in [3.8, 4) is 39.9 Å². The van der Waals surface area contributed by atoms with Gasteiger partial charge in [0.05, 0.1) is 60.0 Å². The molecule has 0 saturated carbocycles. The zero-order valence-electron chi connectivity index (χ0n) is 22.7. The second-order valence-corrected chi connectivity index (χ2v) is 8.56. The van der Waals surface area contributed by atoms with Gasteiger partial charge < -0.3 is 32.8 Å². The van der Waals surface area contributed by atoms with E-state index < -0.39 is 11.9 Å². The Hall–Kier alpha value is -4.66. The van der Waals surface area contributed by atoms with Crippen molar-refractivity contribution < 1.29 is 37.6 Å². The Morgan fingerprint density at radius 1 is 0.795 bits per heavy atom. The minimum atomic E-state index is -0.653. The summed E-state index contributed by atoms with van der Waals surface area (Å²) >= 11 is 0. The van der Waals surface area contributed by atoms with Gasteiger partial charge in [-0.15, -0.1) is 0 Å². The van der Waals surface area contributed by atoms with Gasteiger partial charge in [-0.3, -0.25) is 9.59 Å². The maximum Gasteiger partial charge on any atom is 0.306 e. The van der Waals surface area contributed by atoms with E-state index in [1.165, 1.54) is 41.8 Å². The fourth-order valence-corrected chi connectivity index (χ4v) is 4.62. The van der Waals surface area contributed by atoms with Crippen LogP contribution in [0.4, 0.5) is 0 Å². The molecule has 1 unspecified atom stereocenters. The lowest BCUT2D eigenvalue weighted by molar-refractivity contribution is -0.140. The van der Waals surface area contributed by atoms with Gasteiger partial charge in [0.25, 0.3) is 0 Å². The SMILES string of the molecule is COC(=O)CC(c1cc(OC)c(OC)c(OC)c1)c1c(OC)ccc2c(=O)c(-c3ccc(OC)cc3)coc12. The molecule has 0 aliphatic rings. The Kier molecular flexibility index (Phi) is 8.29. The molecule has 4 aromatic rings. The lowest BCUT2D eigenvalue weighted by Gasteiger charge is -2.23. The number of fused-ring (bicyclic) bond motifs is 1. The molecule has 0 fully saturated rings. The average Bonchev–Trinajstić information content (AvgIpc) is 2.98. The molecule has 0 spiro atoms. The van der Waals surface area contributed by atoms with Crippen molar-refractivity contribution in [3.05, 3.63) is 76.1 Å². The Labute approximate surface area is 225 Å². The van der Waals surface area contributed by atoms with Crippen molar-refractivity contribution in [2.75, 3.05) is 42.7 Å². The number of hydrogen-bond acceptors (Lipinski definition) is 9. The van der Waals surface area contributed by atoms with Crippen molar-refractivity contribution >= 4 is 16.9 Å². The van der Waals surface area contributed by atoms with Crippen LogP contribution in [0.15, 0.2) is 64.0 Å². The van der Waals surface area contributed by atoms with Crippen LogP contribution in [0.25, 0.3) is 22.1 Å². The van der Waals surface area contributed by atoms with Crippen LogP contribution in [0.1, 0.15) is 23.5 Å². The van der Waals surface area contributed by atoms with Crippen LogP contribution in [0.2, 0.25) is 0 Å². The van der Waals surface area contributed by atoms with E-state index in [0.717, 1.165) is 0 Å². The second-order valence-electron chi connectivity index (χ2n) is 8.56. The summed E-state index contributed by atoms with van der Waals surface area (Å²) in [6.45, 7) is 0. The molecule has 0 aliphatic heterocycles. The van der Waals surface area contributed by atoms with E-state index in [1.54, 1.807) is 55.6 Å². The van der Waals surface area contributed by atoms with E-state index in [-0.39, 0.29) is 11.8 Å². The summed E-state index contributed by atoms with van der Waals surface area (Å²) in [7, 11) is 8.93.